The summed E-state index contributed by atoms with van der Waals surface area (Å²) in [5, 5.41) is 12.1. The van der Waals surface area contributed by atoms with Crippen LogP contribution in [0.5, 0.6) is 5.75 Å². The summed E-state index contributed by atoms with van der Waals surface area (Å²) in [6.45, 7) is 0.259. The number of carboxylic acid groups (broad SMARTS) is 1. The van der Waals surface area contributed by atoms with Crippen LogP contribution in [-0.4, -0.2) is 23.5 Å². The molecule has 0 aromatic heterocycles. The van der Waals surface area contributed by atoms with E-state index >= 15 is 0 Å². The van der Waals surface area contributed by atoms with Gasteiger partial charge in [-0.2, -0.15) is 0 Å². The number of para-hydroxylation sites is 1. The van der Waals surface area contributed by atoms with Gasteiger partial charge in [0.05, 0.1) is 5.92 Å². The second-order valence-corrected chi connectivity index (χ2v) is 5.42. The molecule has 0 atom stereocenters. The zero-order chi connectivity index (χ0) is 16.2. The van der Waals surface area contributed by atoms with Crippen LogP contribution in [0.3, 0.4) is 0 Å². The van der Waals surface area contributed by atoms with E-state index in [-0.39, 0.29) is 24.3 Å². The van der Waals surface area contributed by atoms with Gasteiger partial charge < -0.3 is 15.2 Å². The van der Waals surface area contributed by atoms with Crippen LogP contribution in [0.2, 0.25) is 0 Å². The van der Waals surface area contributed by atoms with Crippen molar-refractivity contribution in [2.45, 2.75) is 44.6 Å². The number of nitrogens with one attached hydrogen (secondary N) is 1. The van der Waals surface area contributed by atoms with Crippen LogP contribution in [0.4, 0.5) is 13.2 Å². The molecule has 0 heterocycles. The van der Waals surface area contributed by atoms with Gasteiger partial charge in [0.25, 0.3) is 0 Å². The fraction of sp³-hybridized carbons (Fsp3) is 0.533. The molecule has 0 unspecified atom stereocenters. The minimum absolute atomic E-state index is 0.120. The summed E-state index contributed by atoms with van der Waals surface area (Å²) >= 11 is 0. The summed E-state index contributed by atoms with van der Waals surface area (Å²) in [4.78, 5) is 10.9. The molecule has 1 aromatic rings. The number of hydrogen-bond acceptors (Lipinski definition) is 3. The first-order chi connectivity index (χ1) is 10.3. The Morgan fingerprint density at radius 2 is 1.86 bits per heavy atom. The minimum atomic E-state index is -4.71. The Morgan fingerprint density at radius 1 is 1.23 bits per heavy atom. The van der Waals surface area contributed by atoms with Crippen molar-refractivity contribution >= 4 is 5.97 Å². The molecule has 1 fully saturated rings. The van der Waals surface area contributed by atoms with E-state index in [1.165, 1.54) is 12.1 Å². The van der Waals surface area contributed by atoms with Crippen molar-refractivity contribution in [3.8, 4) is 5.75 Å². The first-order valence-corrected chi connectivity index (χ1v) is 7.15. The van der Waals surface area contributed by atoms with Gasteiger partial charge in [-0.3, -0.25) is 4.79 Å². The molecule has 0 spiro atoms. The van der Waals surface area contributed by atoms with E-state index in [2.05, 4.69) is 10.1 Å². The van der Waals surface area contributed by atoms with E-state index in [1.54, 1.807) is 12.1 Å². The Hall–Kier alpha value is -1.76. The van der Waals surface area contributed by atoms with Gasteiger partial charge in [0, 0.05) is 18.2 Å². The van der Waals surface area contributed by atoms with Crippen LogP contribution in [-0.2, 0) is 11.3 Å². The number of carboxylic acids is 1. The Morgan fingerprint density at radius 3 is 2.45 bits per heavy atom. The standard InChI is InChI=1S/C15H18F3NO3/c16-15(17,18)22-13-4-2-1-3-11(13)9-19-12-7-5-10(6-8-12)14(20)21/h1-4,10,12,19H,5-9H2,(H,20,21). The average molecular weight is 317 g/mol. The Kier molecular flexibility index (Phi) is 5.28. The van der Waals surface area contributed by atoms with E-state index < -0.39 is 12.3 Å². The van der Waals surface area contributed by atoms with Gasteiger partial charge in [-0.05, 0) is 31.7 Å². The molecule has 1 saturated carbocycles. The zero-order valence-electron chi connectivity index (χ0n) is 11.9. The maximum absolute atomic E-state index is 12.3. The van der Waals surface area contributed by atoms with Crippen LogP contribution in [0.1, 0.15) is 31.2 Å². The van der Waals surface area contributed by atoms with Crippen LogP contribution in [0.25, 0.3) is 0 Å². The maximum Gasteiger partial charge on any atom is 0.573 e. The molecule has 0 radical (unpaired) electrons. The van der Waals surface area contributed by atoms with Gasteiger partial charge in [0.1, 0.15) is 5.75 Å². The van der Waals surface area contributed by atoms with Crippen molar-refractivity contribution in [1.29, 1.82) is 0 Å². The highest BCUT2D eigenvalue weighted by Crippen LogP contribution is 2.28. The summed E-state index contributed by atoms with van der Waals surface area (Å²) in [5.74, 6) is -1.29. The molecule has 0 amide bonds. The van der Waals surface area contributed by atoms with Gasteiger partial charge in [0.2, 0.25) is 0 Å². The van der Waals surface area contributed by atoms with Crippen LogP contribution >= 0.6 is 0 Å². The molecule has 2 rings (SSSR count). The molecular weight excluding hydrogens is 299 g/mol. The molecule has 0 saturated heterocycles. The first-order valence-electron chi connectivity index (χ1n) is 7.15. The number of carbonyl (C=O) groups is 1. The van der Waals surface area contributed by atoms with Gasteiger partial charge >= 0.3 is 12.3 Å². The Balaban J connectivity index is 1.89. The van der Waals surface area contributed by atoms with E-state index in [4.69, 9.17) is 5.11 Å². The zero-order valence-corrected chi connectivity index (χ0v) is 11.9. The van der Waals surface area contributed by atoms with Crippen LogP contribution in [0, 0.1) is 5.92 Å². The van der Waals surface area contributed by atoms with Crippen molar-refractivity contribution < 1.29 is 27.8 Å². The Bertz CT molecular complexity index is 511. The average Bonchev–Trinajstić information content (AvgIpc) is 2.45. The van der Waals surface area contributed by atoms with Crippen LogP contribution in [0.15, 0.2) is 24.3 Å². The maximum atomic E-state index is 12.3. The highest BCUT2D eigenvalue weighted by Gasteiger charge is 2.32. The molecule has 1 aromatic carbocycles. The normalized spacial score (nSPS) is 22.3. The molecule has 4 nitrogen and oxygen atoms in total. The van der Waals surface area contributed by atoms with E-state index in [9.17, 15) is 18.0 Å². The Labute approximate surface area is 126 Å². The lowest BCUT2D eigenvalue weighted by Gasteiger charge is -2.27. The summed E-state index contributed by atoms with van der Waals surface area (Å²) in [5.41, 5.74) is 0.431. The van der Waals surface area contributed by atoms with E-state index in [0.717, 1.165) is 0 Å². The first kappa shape index (κ1) is 16.6. The molecule has 1 aliphatic carbocycles. The number of rotatable bonds is 5. The van der Waals surface area contributed by atoms with Gasteiger partial charge in [-0.1, -0.05) is 18.2 Å². The monoisotopic (exact) mass is 317 g/mol. The molecule has 122 valence electrons. The van der Waals surface area contributed by atoms with Crippen molar-refractivity contribution in [1.82, 2.24) is 5.32 Å². The van der Waals surface area contributed by atoms with Gasteiger partial charge in [-0.15, -0.1) is 13.2 Å². The fourth-order valence-corrected chi connectivity index (χ4v) is 2.67. The molecule has 2 N–H and O–H groups in total. The third-order valence-corrected chi connectivity index (χ3v) is 3.86. The lowest BCUT2D eigenvalue weighted by molar-refractivity contribution is -0.274. The topological polar surface area (TPSA) is 58.6 Å². The van der Waals surface area contributed by atoms with Crippen molar-refractivity contribution in [2.24, 2.45) is 5.92 Å². The summed E-state index contributed by atoms with van der Waals surface area (Å²) < 4.78 is 41.0. The number of halogens is 3. The second-order valence-electron chi connectivity index (χ2n) is 5.42. The molecular formula is C15H18F3NO3. The van der Waals surface area contributed by atoms with Crippen molar-refractivity contribution in [3.05, 3.63) is 29.8 Å². The lowest BCUT2D eigenvalue weighted by atomic mass is 9.86. The molecule has 1 aliphatic rings. The lowest BCUT2D eigenvalue weighted by Crippen LogP contribution is -2.34. The van der Waals surface area contributed by atoms with E-state index in [0.29, 0.717) is 31.2 Å². The number of aliphatic carboxylic acids is 1. The second kappa shape index (κ2) is 7.00. The van der Waals surface area contributed by atoms with Gasteiger partial charge in [-0.25, -0.2) is 0 Å². The number of ether oxygens (including phenoxy) is 1. The minimum Gasteiger partial charge on any atom is -0.481 e. The third-order valence-electron chi connectivity index (χ3n) is 3.86. The largest absolute Gasteiger partial charge is 0.573 e. The SMILES string of the molecule is O=C(O)C1CCC(NCc2ccccc2OC(F)(F)F)CC1. The predicted octanol–water partition coefficient (Wildman–Crippen LogP) is 3.32. The van der Waals surface area contributed by atoms with Crippen LogP contribution < -0.4 is 10.1 Å². The molecule has 22 heavy (non-hydrogen) atoms. The predicted molar refractivity (Wildman–Crippen MR) is 73.3 cm³/mol. The summed E-state index contributed by atoms with van der Waals surface area (Å²) in [7, 11) is 0. The highest BCUT2D eigenvalue weighted by atomic mass is 19.4. The number of alkyl halides is 3. The quantitative estimate of drug-likeness (QED) is 0.875. The van der Waals surface area contributed by atoms with Gasteiger partial charge in [0.15, 0.2) is 0 Å². The third kappa shape index (κ3) is 4.91. The summed E-state index contributed by atoms with van der Waals surface area (Å²) in [6.07, 6.45) is -2.12. The smallest absolute Gasteiger partial charge is 0.481 e. The number of benzene rings is 1. The summed E-state index contributed by atoms with van der Waals surface area (Å²) in [6, 6.07) is 6.13. The molecule has 0 bridgehead atoms. The number of hydrogen-bond donors (Lipinski definition) is 2. The molecule has 7 heteroatoms. The van der Waals surface area contributed by atoms with E-state index in [1.807, 2.05) is 0 Å². The molecule has 0 aliphatic heterocycles. The van der Waals surface area contributed by atoms with Crippen molar-refractivity contribution in [3.63, 3.8) is 0 Å². The van der Waals surface area contributed by atoms with Crippen molar-refractivity contribution in [2.75, 3.05) is 0 Å². The highest BCUT2D eigenvalue weighted by molar-refractivity contribution is 5.70. The fourth-order valence-electron chi connectivity index (χ4n) is 2.67.